The predicted molar refractivity (Wildman–Crippen MR) is 77.0 cm³/mol. The summed E-state index contributed by atoms with van der Waals surface area (Å²) in [6, 6.07) is 2.67. The summed E-state index contributed by atoms with van der Waals surface area (Å²) in [4.78, 5) is 0. The van der Waals surface area contributed by atoms with Crippen LogP contribution < -0.4 is 0 Å². The highest BCUT2D eigenvalue weighted by atomic mass is 29.6. The summed E-state index contributed by atoms with van der Waals surface area (Å²) in [7, 11) is -3.55. The largest absolute Gasteiger partial charge is 0.415 e. The fourth-order valence-corrected chi connectivity index (χ4v) is 37.0. The smallest absolute Gasteiger partial charge is 0.174 e. The molecule has 1 saturated heterocycles. The maximum atomic E-state index is 6.60. The van der Waals surface area contributed by atoms with Gasteiger partial charge in [0, 0.05) is 13.2 Å². The van der Waals surface area contributed by atoms with Crippen LogP contribution in [0.5, 0.6) is 0 Å². The van der Waals surface area contributed by atoms with E-state index in [0.29, 0.717) is 0 Å². The van der Waals surface area contributed by atoms with Gasteiger partial charge in [0.15, 0.2) is 7.83 Å². The van der Waals surface area contributed by atoms with E-state index in [2.05, 4.69) is 53.5 Å². The van der Waals surface area contributed by atoms with Crippen molar-refractivity contribution >= 4 is 22.5 Å². The van der Waals surface area contributed by atoms with Gasteiger partial charge in [0.05, 0.1) is 7.11 Å². The molecule has 0 saturated carbocycles. The maximum absolute atomic E-state index is 6.60. The summed E-state index contributed by atoms with van der Waals surface area (Å²) in [6.07, 6.45) is 0. The Balaban J connectivity index is 3.18. The van der Waals surface area contributed by atoms with Crippen molar-refractivity contribution in [3.8, 4) is 0 Å². The summed E-state index contributed by atoms with van der Waals surface area (Å²) >= 11 is 0. The van der Waals surface area contributed by atoms with Crippen molar-refractivity contribution in [3.63, 3.8) is 0 Å². The molecule has 0 radical (unpaired) electrons. The molecule has 0 aromatic rings. The molecule has 1 rings (SSSR count). The van der Waals surface area contributed by atoms with Crippen LogP contribution in [0.2, 0.25) is 44.8 Å². The molecular formula is C11H28OSi3. The van der Waals surface area contributed by atoms with Gasteiger partial charge in [-0.05, 0) is 32.5 Å². The molecular weight excluding hydrogens is 232 g/mol. The first-order valence-electron chi connectivity index (χ1n) is 6.18. The molecule has 0 bridgehead atoms. The number of rotatable bonds is 1. The molecule has 1 heterocycles. The van der Waals surface area contributed by atoms with Crippen molar-refractivity contribution in [2.45, 2.75) is 71.2 Å². The Kier molecular flexibility index (Phi) is 3.24. The highest BCUT2D eigenvalue weighted by molar-refractivity contribution is 7.67. The normalized spacial score (nSPS) is 37.6. The summed E-state index contributed by atoms with van der Waals surface area (Å²) in [6.45, 7) is 19.9. The second-order valence-corrected chi connectivity index (χ2v) is 34.1. The van der Waals surface area contributed by atoms with E-state index in [0.717, 1.165) is 0 Å². The van der Waals surface area contributed by atoms with Crippen LogP contribution in [0.25, 0.3) is 0 Å². The quantitative estimate of drug-likeness (QED) is 0.648. The van der Waals surface area contributed by atoms with Crippen molar-refractivity contribution in [2.24, 2.45) is 0 Å². The second kappa shape index (κ2) is 3.55. The molecule has 0 spiro atoms. The van der Waals surface area contributed by atoms with Gasteiger partial charge >= 0.3 is 0 Å². The Bertz CT molecular complexity index is 261. The Labute approximate surface area is 98.3 Å². The molecule has 1 atom stereocenters. The van der Waals surface area contributed by atoms with Gasteiger partial charge in [-0.25, -0.2) is 0 Å². The van der Waals surface area contributed by atoms with Gasteiger partial charge in [-0.1, -0.05) is 33.1 Å². The van der Waals surface area contributed by atoms with Crippen molar-refractivity contribution in [3.05, 3.63) is 0 Å². The van der Waals surface area contributed by atoms with Gasteiger partial charge in [0.25, 0.3) is 0 Å². The fraction of sp³-hybridized carbons (Fsp3) is 1.00. The Hall–Kier alpha value is 0.611. The lowest BCUT2D eigenvalue weighted by Gasteiger charge is -2.58. The molecule has 1 fully saturated rings. The van der Waals surface area contributed by atoms with Gasteiger partial charge in [-0.15, -0.1) is 0 Å². The van der Waals surface area contributed by atoms with Crippen LogP contribution in [0.15, 0.2) is 0 Å². The van der Waals surface area contributed by atoms with Gasteiger partial charge < -0.3 is 4.43 Å². The van der Waals surface area contributed by atoms with Crippen LogP contribution in [0, 0.1) is 0 Å². The molecule has 4 heteroatoms. The van der Waals surface area contributed by atoms with Gasteiger partial charge in [-0.3, -0.25) is 0 Å². The summed E-state index contributed by atoms with van der Waals surface area (Å²) in [5.74, 6) is 0. The zero-order valence-electron chi connectivity index (χ0n) is 11.8. The highest BCUT2D eigenvalue weighted by Gasteiger charge is 2.61. The first kappa shape index (κ1) is 13.7. The summed E-state index contributed by atoms with van der Waals surface area (Å²) in [5.41, 5.74) is 0.162. The zero-order chi connectivity index (χ0) is 12.1. The van der Waals surface area contributed by atoms with Crippen molar-refractivity contribution < 1.29 is 4.43 Å². The average Bonchev–Trinajstić information content (AvgIpc) is 1.98. The SMILES string of the molecule is CC[Si]1(C)OC(C)(C)C[Si](C)(C)[Si]1(C)C. The van der Waals surface area contributed by atoms with E-state index in [-0.39, 0.29) is 5.60 Å². The topological polar surface area (TPSA) is 9.23 Å². The predicted octanol–water partition coefficient (Wildman–Crippen LogP) is 3.96. The zero-order valence-corrected chi connectivity index (χ0v) is 14.8. The minimum Gasteiger partial charge on any atom is -0.415 e. The van der Waals surface area contributed by atoms with E-state index in [1.54, 1.807) is 0 Å². The first-order chi connectivity index (χ1) is 6.47. The van der Waals surface area contributed by atoms with Gasteiger partial charge in [-0.2, -0.15) is 0 Å². The van der Waals surface area contributed by atoms with Crippen molar-refractivity contribution in [2.75, 3.05) is 0 Å². The second-order valence-electron chi connectivity index (χ2n) is 7.13. The maximum Gasteiger partial charge on any atom is 0.174 e. The van der Waals surface area contributed by atoms with Gasteiger partial charge in [0.1, 0.15) is 0 Å². The summed E-state index contributed by atoms with van der Waals surface area (Å²) in [5, 5.41) is 0. The standard InChI is InChI=1S/C11H28OSi3/c1-9-15(8)12-11(2,3)10-13(4,5)14(15,6)7/h9-10H2,1-8H3. The van der Waals surface area contributed by atoms with Crippen LogP contribution >= 0.6 is 0 Å². The minimum absolute atomic E-state index is 0.162. The molecule has 0 N–H and O–H groups in total. The van der Waals surface area contributed by atoms with E-state index in [1.165, 1.54) is 12.1 Å². The van der Waals surface area contributed by atoms with E-state index >= 15 is 0 Å². The van der Waals surface area contributed by atoms with Crippen LogP contribution in [-0.2, 0) is 4.43 Å². The molecule has 0 aromatic carbocycles. The molecule has 0 aromatic heterocycles. The molecule has 1 nitrogen and oxygen atoms in total. The number of hydrogen-bond acceptors (Lipinski definition) is 1. The van der Waals surface area contributed by atoms with Crippen LogP contribution in [0.3, 0.4) is 0 Å². The molecule has 90 valence electrons. The Morgan fingerprint density at radius 1 is 1.07 bits per heavy atom. The first-order valence-corrected chi connectivity index (χ1v) is 17.0. The lowest BCUT2D eigenvalue weighted by atomic mass is 10.2. The van der Waals surface area contributed by atoms with Crippen LogP contribution in [0.4, 0.5) is 0 Å². The van der Waals surface area contributed by atoms with E-state index < -0.39 is 22.5 Å². The molecule has 1 aliphatic heterocycles. The lowest BCUT2D eigenvalue weighted by Crippen LogP contribution is -2.78. The minimum atomic E-state index is -1.41. The van der Waals surface area contributed by atoms with Crippen molar-refractivity contribution in [1.82, 2.24) is 0 Å². The molecule has 0 amide bonds. The number of hydrogen-bond donors (Lipinski definition) is 0. The lowest BCUT2D eigenvalue weighted by molar-refractivity contribution is 0.120. The third-order valence-electron chi connectivity index (χ3n) is 5.06. The van der Waals surface area contributed by atoms with Crippen LogP contribution in [0.1, 0.15) is 20.8 Å². The van der Waals surface area contributed by atoms with Crippen LogP contribution in [-0.4, -0.2) is 28.1 Å². The van der Waals surface area contributed by atoms with Crippen molar-refractivity contribution in [1.29, 1.82) is 0 Å². The Morgan fingerprint density at radius 2 is 1.53 bits per heavy atom. The third-order valence-corrected chi connectivity index (χ3v) is 46.0. The van der Waals surface area contributed by atoms with Gasteiger partial charge in [0.2, 0.25) is 0 Å². The molecule has 1 aliphatic rings. The third kappa shape index (κ3) is 2.06. The summed E-state index contributed by atoms with van der Waals surface area (Å²) < 4.78 is 6.60. The van der Waals surface area contributed by atoms with E-state index in [1.807, 2.05) is 0 Å². The molecule has 15 heavy (non-hydrogen) atoms. The Morgan fingerprint density at radius 3 is 1.93 bits per heavy atom. The average molecular weight is 261 g/mol. The van der Waals surface area contributed by atoms with E-state index in [4.69, 9.17) is 4.43 Å². The monoisotopic (exact) mass is 260 g/mol. The fourth-order valence-electron chi connectivity index (χ4n) is 3.29. The highest BCUT2D eigenvalue weighted by Crippen LogP contribution is 2.45. The molecule has 1 unspecified atom stereocenters. The molecule has 0 aliphatic carbocycles. The van der Waals surface area contributed by atoms with E-state index in [9.17, 15) is 0 Å².